The van der Waals surface area contributed by atoms with E-state index in [4.69, 9.17) is 4.74 Å². The van der Waals surface area contributed by atoms with E-state index in [1.165, 1.54) is 5.56 Å². The van der Waals surface area contributed by atoms with E-state index in [0.29, 0.717) is 30.3 Å². The van der Waals surface area contributed by atoms with Gasteiger partial charge in [-0.15, -0.1) is 0 Å². The predicted octanol–water partition coefficient (Wildman–Crippen LogP) is 1.85. The van der Waals surface area contributed by atoms with Gasteiger partial charge < -0.3 is 15.0 Å². The largest absolute Gasteiger partial charge is 0.379 e. The van der Waals surface area contributed by atoms with Crippen LogP contribution in [0.25, 0.3) is 10.9 Å². The van der Waals surface area contributed by atoms with Gasteiger partial charge in [-0.25, -0.2) is 4.98 Å². The third-order valence-electron chi connectivity index (χ3n) is 5.44. The summed E-state index contributed by atoms with van der Waals surface area (Å²) < 4.78 is 5.66. The topological polar surface area (TPSA) is 97.0 Å². The maximum Gasteiger partial charge on any atom is 0.254 e. The lowest BCUT2D eigenvalue weighted by molar-refractivity contribution is -0.121. The Hall–Kier alpha value is -3.06. The maximum absolute atomic E-state index is 12.6. The first-order valence-electron chi connectivity index (χ1n) is 9.77. The van der Waals surface area contributed by atoms with E-state index in [1.807, 2.05) is 30.5 Å². The molecule has 0 bridgehead atoms. The second-order valence-electron chi connectivity index (χ2n) is 7.55. The van der Waals surface area contributed by atoms with E-state index < -0.39 is 0 Å². The Balaban J connectivity index is 1.46. The fourth-order valence-corrected chi connectivity index (χ4v) is 3.95. The van der Waals surface area contributed by atoms with Crippen LogP contribution >= 0.6 is 0 Å². The lowest BCUT2D eigenvalue weighted by Crippen LogP contribution is -2.42. The molecule has 150 valence electrons. The molecule has 3 heterocycles. The summed E-state index contributed by atoms with van der Waals surface area (Å²) in [6.45, 7) is 4.54. The number of carbonyl (C=O) groups excluding carboxylic acids is 1. The third-order valence-corrected chi connectivity index (χ3v) is 5.44. The standard InChI is InChI=1S/C22H24N4O3/c1-13-18(22(28)25-14(2)24-13)10-21(27)26-20-12-29-11-16(20)9-15-7-8-23-19-6-4-3-5-17(15)19/h3-8,16,20H,9-12H2,1-2H3,(H,26,27)(H,24,25,28)/t16-,20+/m1/s1. The number of benzene rings is 1. The number of hydrogen-bond acceptors (Lipinski definition) is 5. The Bertz CT molecular complexity index is 1100. The highest BCUT2D eigenvalue weighted by Gasteiger charge is 2.30. The van der Waals surface area contributed by atoms with Crippen molar-refractivity contribution in [2.75, 3.05) is 13.2 Å². The van der Waals surface area contributed by atoms with Crippen molar-refractivity contribution >= 4 is 16.8 Å². The number of carbonyl (C=O) groups is 1. The molecule has 2 atom stereocenters. The van der Waals surface area contributed by atoms with E-state index in [0.717, 1.165) is 17.3 Å². The number of aryl methyl sites for hydroxylation is 2. The summed E-state index contributed by atoms with van der Waals surface area (Å²) in [6, 6.07) is 9.99. The van der Waals surface area contributed by atoms with Crippen molar-refractivity contribution in [1.29, 1.82) is 0 Å². The molecule has 29 heavy (non-hydrogen) atoms. The van der Waals surface area contributed by atoms with Crippen molar-refractivity contribution in [1.82, 2.24) is 20.3 Å². The molecule has 7 heteroatoms. The van der Waals surface area contributed by atoms with E-state index in [9.17, 15) is 9.59 Å². The number of aromatic nitrogens is 3. The fourth-order valence-electron chi connectivity index (χ4n) is 3.95. The van der Waals surface area contributed by atoms with Crippen LogP contribution in [0.4, 0.5) is 0 Å². The van der Waals surface area contributed by atoms with Gasteiger partial charge in [-0.1, -0.05) is 18.2 Å². The van der Waals surface area contributed by atoms with Gasteiger partial charge in [-0.2, -0.15) is 0 Å². The van der Waals surface area contributed by atoms with Gasteiger partial charge >= 0.3 is 0 Å². The highest BCUT2D eigenvalue weighted by Crippen LogP contribution is 2.24. The number of nitrogens with one attached hydrogen (secondary N) is 2. The van der Waals surface area contributed by atoms with Crippen LogP contribution < -0.4 is 10.9 Å². The average molecular weight is 392 g/mol. The van der Waals surface area contributed by atoms with Crippen LogP contribution in [0.1, 0.15) is 22.6 Å². The first-order chi connectivity index (χ1) is 14.0. The summed E-state index contributed by atoms with van der Waals surface area (Å²) in [6.07, 6.45) is 2.62. The lowest BCUT2D eigenvalue weighted by Gasteiger charge is -2.20. The maximum atomic E-state index is 12.6. The molecule has 0 spiro atoms. The number of hydrogen-bond donors (Lipinski definition) is 2. The number of nitrogens with zero attached hydrogens (tertiary/aromatic N) is 2. The number of para-hydroxylation sites is 1. The van der Waals surface area contributed by atoms with Crippen molar-refractivity contribution < 1.29 is 9.53 Å². The minimum absolute atomic E-state index is 0.00978. The number of ether oxygens (including phenoxy) is 1. The molecule has 1 saturated heterocycles. The highest BCUT2D eigenvalue weighted by atomic mass is 16.5. The molecule has 4 rings (SSSR count). The zero-order valence-corrected chi connectivity index (χ0v) is 16.6. The molecule has 1 aliphatic heterocycles. The van der Waals surface area contributed by atoms with Gasteiger partial charge in [0.05, 0.1) is 31.2 Å². The summed E-state index contributed by atoms with van der Waals surface area (Å²) in [5.41, 5.74) is 2.90. The second-order valence-corrected chi connectivity index (χ2v) is 7.55. The van der Waals surface area contributed by atoms with Gasteiger partial charge in [0.2, 0.25) is 5.91 Å². The van der Waals surface area contributed by atoms with Gasteiger partial charge in [0.25, 0.3) is 5.56 Å². The summed E-state index contributed by atoms with van der Waals surface area (Å²) in [5.74, 6) is 0.523. The molecule has 1 aromatic carbocycles. The monoisotopic (exact) mass is 392 g/mol. The van der Waals surface area contributed by atoms with Crippen molar-refractivity contribution in [3.05, 3.63) is 69.5 Å². The molecule has 2 aromatic heterocycles. The predicted molar refractivity (Wildman–Crippen MR) is 110 cm³/mol. The van der Waals surface area contributed by atoms with Gasteiger partial charge in [0.1, 0.15) is 5.82 Å². The Morgan fingerprint density at radius 1 is 1.24 bits per heavy atom. The molecule has 0 unspecified atom stereocenters. The summed E-state index contributed by atoms with van der Waals surface area (Å²) in [5, 5.41) is 4.18. The smallest absolute Gasteiger partial charge is 0.254 e. The SMILES string of the molecule is Cc1nc(C)c(CC(=O)N[C@H]2COC[C@H]2Cc2ccnc3ccccc23)c(=O)[nH]1. The molecule has 0 aliphatic carbocycles. The van der Waals surface area contributed by atoms with Crippen molar-refractivity contribution in [2.45, 2.75) is 32.7 Å². The van der Waals surface area contributed by atoms with E-state index in [-0.39, 0.29) is 29.8 Å². The van der Waals surface area contributed by atoms with Crippen LogP contribution in [-0.2, 0) is 22.4 Å². The lowest BCUT2D eigenvalue weighted by atomic mass is 9.93. The zero-order chi connectivity index (χ0) is 20.4. The van der Waals surface area contributed by atoms with E-state index in [2.05, 4.69) is 26.3 Å². The molecular formula is C22H24N4O3. The molecule has 1 fully saturated rings. The molecule has 7 nitrogen and oxygen atoms in total. The molecule has 3 aromatic rings. The van der Waals surface area contributed by atoms with Crippen molar-refractivity contribution in [3.8, 4) is 0 Å². The van der Waals surface area contributed by atoms with Crippen LogP contribution in [0, 0.1) is 19.8 Å². The summed E-state index contributed by atoms with van der Waals surface area (Å²) in [7, 11) is 0. The normalized spacial score (nSPS) is 18.8. The van der Waals surface area contributed by atoms with E-state index in [1.54, 1.807) is 13.8 Å². The highest BCUT2D eigenvalue weighted by molar-refractivity contribution is 5.82. The number of fused-ring (bicyclic) bond motifs is 1. The Kier molecular flexibility index (Phi) is 5.40. The molecule has 1 aliphatic rings. The first-order valence-corrected chi connectivity index (χ1v) is 9.77. The molecule has 2 N–H and O–H groups in total. The number of amides is 1. The van der Waals surface area contributed by atoms with Crippen LogP contribution in [0.2, 0.25) is 0 Å². The van der Waals surface area contributed by atoms with Crippen molar-refractivity contribution in [2.24, 2.45) is 5.92 Å². The average Bonchev–Trinajstić information content (AvgIpc) is 3.11. The van der Waals surface area contributed by atoms with Gasteiger partial charge in [-0.05, 0) is 38.0 Å². The number of rotatable bonds is 5. The molecule has 0 saturated carbocycles. The van der Waals surface area contributed by atoms with Crippen LogP contribution in [0.3, 0.4) is 0 Å². The minimum Gasteiger partial charge on any atom is -0.379 e. The Labute approximate surface area is 168 Å². The number of pyridine rings is 1. The quantitative estimate of drug-likeness (QED) is 0.691. The first kappa shape index (κ1) is 19.3. The fraction of sp³-hybridized carbons (Fsp3) is 0.364. The van der Waals surface area contributed by atoms with E-state index >= 15 is 0 Å². The molecule has 0 radical (unpaired) electrons. The Morgan fingerprint density at radius 3 is 2.90 bits per heavy atom. The zero-order valence-electron chi connectivity index (χ0n) is 16.6. The summed E-state index contributed by atoms with van der Waals surface area (Å²) >= 11 is 0. The Morgan fingerprint density at radius 2 is 2.07 bits per heavy atom. The molecule has 1 amide bonds. The molecular weight excluding hydrogens is 368 g/mol. The number of aromatic amines is 1. The minimum atomic E-state index is -0.257. The van der Waals surface area contributed by atoms with Gasteiger partial charge in [0.15, 0.2) is 0 Å². The second kappa shape index (κ2) is 8.13. The van der Waals surface area contributed by atoms with Gasteiger partial charge in [0, 0.05) is 28.8 Å². The van der Waals surface area contributed by atoms with Crippen LogP contribution in [0.5, 0.6) is 0 Å². The number of H-pyrrole nitrogens is 1. The van der Waals surface area contributed by atoms with Crippen LogP contribution in [0.15, 0.2) is 41.3 Å². The van der Waals surface area contributed by atoms with Crippen LogP contribution in [-0.4, -0.2) is 40.1 Å². The van der Waals surface area contributed by atoms with Gasteiger partial charge in [-0.3, -0.25) is 14.6 Å². The third kappa shape index (κ3) is 4.19. The van der Waals surface area contributed by atoms with Crippen molar-refractivity contribution in [3.63, 3.8) is 0 Å². The summed E-state index contributed by atoms with van der Waals surface area (Å²) in [4.78, 5) is 36.1.